The number of amides is 1. The van der Waals surface area contributed by atoms with Crippen molar-refractivity contribution in [1.29, 1.82) is 0 Å². The third kappa shape index (κ3) is 3.56. The second kappa shape index (κ2) is 6.92. The van der Waals surface area contributed by atoms with Crippen molar-refractivity contribution in [1.82, 2.24) is 0 Å². The first-order valence-corrected chi connectivity index (χ1v) is 6.66. The van der Waals surface area contributed by atoms with Crippen molar-refractivity contribution < 1.29 is 14.7 Å². The van der Waals surface area contributed by atoms with E-state index >= 15 is 0 Å². The Morgan fingerprint density at radius 1 is 1.21 bits per heavy atom. The van der Waals surface area contributed by atoms with Gasteiger partial charge in [0.05, 0.1) is 0 Å². The Morgan fingerprint density at radius 3 is 2.32 bits per heavy atom. The molecule has 1 amide bonds. The summed E-state index contributed by atoms with van der Waals surface area (Å²) in [6, 6.07) is 8.95. The average molecular weight is 263 g/mol. The van der Waals surface area contributed by atoms with Gasteiger partial charge in [-0.2, -0.15) is 0 Å². The van der Waals surface area contributed by atoms with Crippen LogP contribution in [-0.4, -0.2) is 17.0 Å². The van der Waals surface area contributed by atoms with E-state index in [2.05, 4.69) is 5.32 Å². The van der Waals surface area contributed by atoms with Crippen molar-refractivity contribution in [2.45, 2.75) is 39.5 Å². The number of carboxylic acids is 1. The van der Waals surface area contributed by atoms with Crippen LogP contribution in [0.15, 0.2) is 30.3 Å². The Balaban J connectivity index is 2.91. The number of carboxylic acid groups (broad SMARTS) is 1. The van der Waals surface area contributed by atoms with Gasteiger partial charge in [0.15, 0.2) is 0 Å². The number of carbonyl (C=O) groups is 2. The number of hydrogen-bond donors (Lipinski definition) is 2. The zero-order valence-electron chi connectivity index (χ0n) is 11.5. The Kier molecular flexibility index (Phi) is 5.55. The number of carbonyl (C=O) groups excluding carboxylic acids is 1. The molecule has 0 fully saturated rings. The minimum absolute atomic E-state index is 0.293. The summed E-state index contributed by atoms with van der Waals surface area (Å²) >= 11 is 0. The fourth-order valence-corrected chi connectivity index (χ4v) is 2.06. The van der Waals surface area contributed by atoms with E-state index < -0.39 is 17.3 Å². The first-order chi connectivity index (χ1) is 9.06. The highest BCUT2D eigenvalue weighted by Crippen LogP contribution is 2.31. The van der Waals surface area contributed by atoms with Gasteiger partial charge < -0.3 is 10.4 Å². The van der Waals surface area contributed by atoms with Gasteiger partial charge in [-0.1, -0.05) is 44.9 Å². The molecule has 0 heterocycles. The van der Waals surface area contributed by atoms with Crippen molar-refractivity contribution in [2.24, 2.45) is 5.41 Å². The predicted octanol–water partition coefficient (Wildman–Crippen LogP) is 3.30. The van der Waals surface area contributed by atoms with Crippen molar-refractivity contribution in [3.8, 4) is 0 Å². The molecule has 0 saturated carbocycles. The molecular formula is C15H21NO3. The SMILES string of the molecule is CCCCC(CC)(C(=O)O)C(=O)Nc1ccccc1. The average Bonchev–Trinajstić information content (AvgIpc) is 2.41. The molecule has 0 aliphatic carbocycles. The van der Waals surface area contributed by atoms with Gasteiger partial charge in [-0.25, -0.2) is 0 Å². The first kappa shape index (κ1) is 15.2. The van der Waals surface area contributed by atoms with Crippen LogP contribution in [0.25, 0.3) is 0 Å². The summed E-state index contributed by atoms with van der Waals surface area (Å²) < 4.78 is 0. The second-order valence-electron chi connectivity index (χ2n) is 4.66. The molecule has 0 spiro atoms. The van der Waals surface area contributed by atoms with Crippen LogP contribution in [-0.2, 0) is 9.59 Å². The maximum absolute atomic E-state index is 12.3. The molecule has 0 saturated heterocycles. The molecule has 1 rings (SSSR count). The number of aliphatic carboxylic acids is 1. The van der Waals surface area contributed by atoms with Crippen LogP contribution in [0.1, 0.15) is 39.5 Å². The molecule has 0 aliphatic rings. The van der Waals surface area contributed by atoms with Gasteiger partial charge in [-0.15, -0.1) is 0 Å². The highest BCUT2D eigenvalue weighted by Gasteiger charge is 2.43. The Morgan fingerprint density at radius 2 is 1.84 bits per heavy atom. The van der Waals surface area contributed by atoms with E-state index in [1.54, 1.807) is 31.2 Å². The zero-order valence-corrected chi connectivity index (χ0v) is 11.5. The van der Waals surface area contributed by atoms with Crippen molar-refractivity contribution in [3.63, 3.8) is 0 Å². The van der Waals surface area contributed by atoms with Gasteiger partial charge in [0.2, 0.25) is 5.91 Å². The van der Waals surface area contributed by atoms with Gasteiger partial charge in [0.1, 0.15) is 5.41 Å². The fourth-order valence-electron chi connectivity index (χ4n) is 2.06. The number of nitrogens with one attached hydrogen (secondary N) is 1. The van der Waals surface area contributed by atoms with Crippen LogP contribution in [0, 0.1) is 5.41 Å². The van der Waals surface area contributed by atoms with Crippen LogP contribution >= 0.6 is 0 Å². The van der Waals surface area contributed by atoms with Crippen LogP contribution in [0.4, 0.5) is 5.69 Å². The lowest BCUT2D eigenvalue weighted by Crippen LogP contribution is -2.42. The highest BCUT2D eigenvalue weighted by atomic mass is 16.4. The predicted molar refractivity (Wildman–Crippen MR) is 75.0 cm³/mol. The minimum atomic E-state index is -1.33. The fraction of sp³-hybridized carbons (Fsp3) is 0.467. The normalized spacial score (nSPS) is 13.6. The monoisotopic (exact) mass is 263 g/mol. The van der Waals surface area contributed by atoms with Gasteiger partial charge >= 0.3 is 5.97 Å². The number of hydrogen-bond acceptors (Lipinski definition) is 2. The molecule has 1 aromatic rings. The third-order valence-electron chi connectivity index (χ3n) is 3.44. The number of rotatable bonds is 7. The molecule has 0 aromatic heterocycles. The van der Waals surface area contributed by atoms with Crippen LogP contribution in [0.5, 0.6) is 0 Å². The molecular weight excluding hydrogens is 242 g/mol. The quantitative estimate of drug-likeness (QED) is 0.742. The molecule has 104 valence electrons. The summed E-state index contributed by atoms with van der Waals surface area (Å²) in [5.41, 5.74) is -0.700. The van der Waals surface area contributed by atoms with Crippen molar-refractivity contribution >= 4 is 17.6 Å². The lowest BCUT2D eigenvalue weighted by molar-refractivity contribution is -0.154. The van der Waals surface area contributed by atoms with Crippen LogP contribution in [0.2, 0.25) is 0 Å². The second-order valence-corrected chi connectivity index (χ2v) is 4.66. The van der Waals surface area contributed by atoms with Gasteiger partial charge in [-0.05, 0) is 25.0 Å². The van der Waals surface area contributed by atoms with Crippen LogP contribution < -0.4 is 5.32 Å². The molecule has 1 aromatic carbocycles. The summed E-state index contributed by atoms with van der Waals surface area (Å²) in [5, 5.41) is 12.1. The van der Waals surface area contributed by atoms with Crippen LogP contribution in [0.3, 0.4) is 0 Å². The van der Waals surface area contributed by atoms with Crippen molar-refractivity contribution in [2.75, 3.05) is 5.32 Å². The topological polar surface area (TPSA) is 66.4 Å². The minimum Gasteiger partial charge on any atom is -0.480 e. The standard InChI is InChI=1S/C15H21NO3/c1-3-5-11-15(4-2,14(18)19)13(17)16-12-9-7-6-8-10-12/h6-10H,3-5,11H2,1-2H3,(H,16,17)(H,18,19). The Hall–Kier alpha value is -1.84. The van der Waals surface area contributed by atoms with Gasteiger partial charge in [-0.3, -0.25) is 9.59 Å². The number of para-hydroxylation sites is 1. The smallest absolute Gasteiger partial charge is 0.319 e. The van der Waals surface area contributed by atoms with E-state index in [4.69, 9.17) is 0 Å². The lowest BCUT2D eigenvalue weighted by atomic mass is 9.79. The molecule has 1 atom stereocenters. The number of benzene rings is 1. The van der Waals surface area contributed by atoms with Gasteiger partial charge in [0.25, 0.3) is 0 Å². The molecule has 0 aliphatic heterocycles. The highest BCUT2D eigenvalue weighted by molar-refractivity contribution is 6.08. The molecule has 0 bridgehead atoms. The van der Waals surface area contributed by atoms with E-state index in [0.29, 0.717) is 18.5 Å². The molecule has 4 heteroatoms. The number of unbranched alkanes of at least 4 members (excludes halogenated alkanes) is 1. The molecule has 19 heavy (non-hydrogen) atoms. The number of anilines is 1. The maximum Gasteiger partial charge on any atom is 0.319 e. The van der Waals surface area contributed by atoms with E-state index in [9.17, 15) is 14.7 Å². The summed E-state index contributed by atoms with van der Waals surface area (Å²) in [6.07, 6.45) is 2.25. The maximum atomic E-state index is 12.3. The molecule has 4 nitrogen and oxygen atoms in total. The van der Waals surface area contributed by atoms with Crippen molar-refractivity contribution in [3.05, 3.63) is 30.3 Å². The molecule has 2 N–H and O–H groups in total. The summed E-state index contributed by atoms with van der Waals surface area (Å²) in [6.45, 7) is 3.73. The van der Waals surface area contributed by atoms with Gasteiger partial charge in [0, 0.05) is 5.69 Å². The van der Waals surface area contributed by atoms with E-state index in [-0.39, 0.29) is 0 Å². The third-order valence-corrected chi connectivity index (χ3v) is 3.44. The van der Waals surface area contributed by atoms with E-state index in [1.165, 1.54) is 0 Å². The molecule has 1 unspecified atom stereocenters. The molecule has 0 radical (unpaired) electrons. The van der Waals surface area contributed by atoms with E-state index in [0.717, 1.165) is 12.8 Å². The largest absolute Gasteiger partial charge is 0.480 e. The summed E-state index contributed by atoms with van der Waals surface area (Å²) in [4.78, 5) is 23.9. The zero-order chi connectivity index (χ0) is 14.3. The summed E-state index contributed by atoms with van der Waals surface area (Å²) in [7, 11) is 0. The summed E-state index contributed by atoms with van der Waals surface area (Å²) in [5.74, 6) is -1.47. The first-order valence-electron chi connectivity index (χ1n) is 6.66. The van der Waals surface area contributed by atoms with E-state index in [1.807, 2.05) is 13.0 Å². The lowest BCUT2D eigenvalue weighted by Gasteiger charge is -2.26. The Bertz CT molecular complexity index is 430. The Labute approximate surface area is 113 Å².